The quantitative estimate of drug-likeness (QED) is 0.434. The number of anilines is 1. The van der Waals surface area contributed by atoms with Gasteiger partial charge in [0.1, 0.15) is 11.5 Å². The summed E-state index contributed by atoms with van der Waals surface area (Å²) in [4.78, 5) is 12.6. The van der Waals surface area contributed by atoms with Crippen molar-refractivity contribution in [2.75, 3.05) is 5.32 Å². The maximum absolute atomic E-state index is 12.6. The van der Waals surface area contributed by atoms with E-state index in [4.69, 9.17) is 9.47 Å². The Morgan fingerprint density at radius 1 is 0.926 bits per heavy atom. The lowest BCUT2D eigenvalue weighted by Gasteiger charge is -2.17. The maximum Gasteiger partial charge on any atom is 0.265 e. The van der Waals surface area contributed by atoms with Gasteiger partial charge in [0.25, 0.3) is 5.91 Å². The van der Waals surface area contributed by atoms with Crippen molar-refractivity contribution in [3.63, 3.8) is 0 Å². The highest BCUT2D eigenvalue weighted by Gasteiger charge is 2.18. The van der Waals surface area contributed by atoms with Gasteiger partial charge in [-0.3, -0.25) is 4.79 Å². The first-order valence-corrected chi connectivity index (χ1v) is 9.86. The molecule has 138 valence electrons. The van der Waals surface area contributed by atoms with Crippen LogP contribution in [0.3, 0.4) is 0 Å². The summed E-state index contributed by atoms with van der Waals surface area (Å²) in [5, 5.41) is 2.87. The van der Waals surface area contributed by atoms with Gasteiger partial charge in [-0.25, -0.2) is 0 Å². The van der Waals surface area contributed by atoms with Crippen LogP contribution < -0.4 is 14.8 Å². The van der Waals surface area contributed by atoms with E-state index in [1.807, 2.05) is 54.6 Å². The van der Waals surface area contributed by atoms with E-state index >= 15 is 0 Å². The molecule has 0 saturated heterocycles. The normalized spacial score (nSPS) is 11.5. The van der Waals surface area contributed by atoms with Gasteiger partial charge in [0, 0.05) is 4.47 Å². The van der Waals surface area contributed by atoms with Crippen molar-refractivity contribution in [1.29, 1.82) is 0 Å². The Labute approximate surface area is 174 Å². The summed E-state index contributed by atoms with van der Waals surface area (Å²) in [5.74, 6) is 1.58. The van der Waals surface area contributed by atoms with Crippen LogP contribution in [0.2, 0.25) is 0 Å². The highest BCUT2D eigenvalue weighted by Crippen LogP contribution is 2.31. The zero-order chi connectivity index (χ0) is 19.2. The predicted molar refractivity (Wildman–Crippen MR) is 114 cm³/mol. The summed E-state index contributed by atoms with van der Waals surface area (Å²) in [6, 6.07) is 22.2. The molecule has 6 heteroatoms. The number of ether oxygens (including phenoxy) is 2. The lowest BCUT2D eigenvalue weighted by molar-refractivity contribution is -0.122. The lowest BCUT2D eigenvalue weighted by atomic mass is 10.2. The van der Waals surface area contributed by atoms with Crippen LogP contribution in [-0.2, 0) is 4.79 Å². The number of hydrogen-bond donors (Lipinski definition) is 1. The second-order valence-corrected chi connectivity index (χ2v) is 7.51. The average Bonchev–Trinajstić information content (AvgIpc) is 2.66. The number of halogens is 2. The third-order valence-electron chi connectivity index (χ3n) is 3.68. The summed E-state index contributed by atoms with van der Waals surface area (Å²) >= 11 is 6.83. The van der Waals surface area contributed by atoms with Crippen LogP contribution in [-0.4, -0.2) is 12.0 Å². The minimum Gasteiger partial charge on any atom is -0.480 e. The lowest BCUT2D eigenvalue weighted by Crippen LogP contribution is -2.30. The molecule has 3 aromatic carbocycles. The molecule has 0 aliphatic rings. The molecule has 0 aliphatic heterocycles. The predicted octanol–water partition coefficient (Wildman–Crippen LogP) is 6.41. The molecule has 27 heavy (non-hydrogen) atoms. The van der Waals surface area contributed by atoms with Gasteiger partial charge < -0.3 is 14.8 Å². The first kappa shape index (κ1) is 19.5. The monoisotopic (exact) mass is 489 g/mol. The molecule has 0 aliphatic carbocycles. The fourth-order valence-corrected chi connectivity index (χ4v) is 3.46. The standard InChI is InChI=1S/C21H17Br2NO3/c1-14(26-19-12-11-15(22)13-17(19)23)21(25)24-18-9-5-6-10-20(18)27-16-7-3-2-4-8-16/h2-14H,1H3,(H,24,25)/t14-/m0/s1. The molecule has 4 nitrogen and oxygen atoms in total. The molecule has 0 radical (unpaired) electrons. The van der Waals surface area contributed by atoms with Crippen molar-refractivity contribution in [2.45, 2.75) is 13.0 Å². The van der Waals surface area contributed by atoms with Crippen LogP contribution >= 0.6 is 31.9 Å². The Balaban J connectivity index is 1.70. The number of carbonyl (C=O) groups is 1. The fraction of sp³-hybridized carbons (Fsp3) is 0.0952. The van der Waals surface area contributed by atoms with Crippen molar-refractivity contribution >= 4 is 43.5 Å². The van der Waals surface area contributed by atoms with Crippen LogP contribution in [0.1, 0.15) is 6.92 Å². The van der Waals surface area contributed by atoms with Gasteiger partial charge in [-0.05, 0) is 65.3 Å². The third-order valence-corrected chi connectivity index (χ3v) is 4.80. The average molecular weight is 491 g/mol. The van der Waals surface area contributed by atoms with Gasteiger partial charge >= 0.3 is 0 Å². The number of hydrogen-bond acceptors (Lipinski definition) is 3. The molecule has 0 heterocycles. The Kier molecular flexibility index (Phi) is 6.53. The number of para-hydroxylation sites is 3. The summed E-state index contributed by atoms with van der Waals surface area (Å²) in [5.41, 5.74) is 0.580. The highest BCUT2D eigenvalue weighted by atomic mass is 79.9. The van der Waals surface area contributed by atoms with E-state index < -0.39 is 6.10 Å². The number of amides is 1. The van der Waals surface area contributed by atoms with E-state index in [0.717, 1.165) is 8.95 Å². The van der Waals surface area contributed by atoms with Crippen molar-refractivity contribution in [2.24, 2.45) is 0 Å². The second-order valence-electron chi connectivity index (χ2n) is 5.74. The van der Waals surface area contributed by atoms with E-state index in [2.05, 4.69) is 37.2 Å². The van der Waals surface area contributed by atoms with E-state index in [0.29, 0.717) is 22.9 Å². The summed E-state index contributed by atoms with van der Waals surface area (Å²) in [6.45, 7) is 1.70. The molecule has 1 amide bonds. The zero-order valence-electron chi connectivity index (χ0n) is 14.5. The molecule has 0 fully saturated rings. The fourth-order valence-electron chi connectivity index (χ4n) is 2.32. The maximum atomic E-state index is 12.6. The summed E-state index contributed by atoms with van der Waals surface area (Å²) < 4.78 is 13.3. The Morgan fingerprint density at radius 3 is 2.37 bits per heavy atom. The second kappa shape index (κ2) is 9.06. The van der Waals surface area contributed by atoms with Gasteiger partial charge in [0.05, 0.1) is 10.2 Å². The van der Waals surface area contributed by atoms with Crippen molar-refractivity contribution in [3.8, 4) is 17.2 Å². The summed E-state index contributed by atoms with van der Waals surface area (Å²) in [6.07, 6.45) is -0.688. The van der Waals surface area contributed by atoms with E-state index in [1.54, 1.807) is 25.1 Å². The Bertz CT molecular complexity index is 932. The molecule has 0 aromatic heterocycles. The van der Waals surface area contributed by atoms with Crippen molar-refractivity contribution in [3.05, 3.63) is 81.7 Å². The van der Waals surface area contributed by atoms with Crippen LogP contribution in [0.5, 0.6) is 17.2 Å². The highest BCUT2D eigenvalue weighted by molar-refractivity contribution is 9.11. The van der Waals surface area contributed by atoms with Crippen LogP contribution in [0, 0.1) is 0 Å². The largest absolute Gasteiger partial charge is 0.480 e. The minimum atomic E-state index is -0.688. The molecule has 1 N–H and O–H groups in total. The van der Waals surface area contributed by atoms with Crippen LogP contribution in [0.4, 0.5) is 5.69 Å². The molecule has 0 unspecified atom stereocenters. The molecular weight excluding hydrogens is 474 g/mol. The zero-order valence-corrected chi connectivity index (χ0v) is 17.7. The minimum absolute atomic E-state index is 0.270. The van der Waals surface area contributed by atoms with Crippen molar-refractivity contribution in [1.82, 2.24) is 0 Å². The molecule has 0 spiro atoms. The van der Waals surface area contributed by atoms with Gasteiger partial charge in [-0.2, -0.15) is 0 Å². The third kappa shape index (κ3) is 5.34. The topological polar surface area (TPSA) is 47.6 Å². The Morgan fingerprint density at radius 2 is 1.63 bits per heavy atom. The number of benzene rings is 3. The van der Waals surface area contributed by atoms with Gasteiger partial charge in [-0.1, -0.05) is 46.3 Å². The molecule has 0 bridgehead atoms. The van der Waals surface area contributed by atoms with Gasteiger partial charge in [0.15, 0.2) is 11.9 Å². The molecule has 3 rings (SSSR count). The smallest absolute Gasteiger partial charge is 0.265 e. The number of rotatable bonds is 6. The SMILES string of the molecule is C[C@H](Oc1ccc(Br)cc1Br)C(=O)Nc1ccccc1Oc1ccccc1. The first-order valence-electron chi connectivity index (χ1n) is 8.27. The van der Waals surface area contributed by atoms with Gasteiger partial charge in [0.2, 0.25) is 0 Å². The van der Waals surface area contributed by atoms with E-state index in [1.165, 1.54) is 0 Å². The van der Waals surface area contributed by atoms with Gasteiger partial charge in [-0.15, -0.1) is 0 Å². The number of carbonyl (C=O) groups excluding carboxylic acids is 1. The Hall–Kier alpha value is -2.31. The molecule has 1 atom stereocenters. The van der Waals surface area contributed by atoms with Crippen molar-refractivity contribution < 1.29 is 14.3 Å². The number of nitrogens with one attached hydrogen (secondary N) is 1. The van der Waals surface area contributed by atoms with Crippen LogP contribution in [0.25, 0.3) is 0 Å². The molecular formula is C21H17Br2NO3. The molecule has 0 saturated carbocycles. The van der Waals surface area contributed by atoms with E-state index in [-0.39, 0.29) is 5.91 Å². The van der Waals surface area contributed by atoms with Crippen LogP contribution in [0.15, 0.2) is 81.7 Å². The molecule has 3 aromatic rings. The summed E-state index contributed by atoms with van der Waals surface area (Å²) in [7, 11) is 0. The first-order chi connectivity index (χ1) is 13.0. The van der Waals surface area contributed by atoms with E-state index in [9.17, 15) is 4.79 Å².